The minimum Gasteiger partial charge on any atom is -0.356 e. The molecule has 3 fully saturated rings. The van der Waals surface area contributed by atoms with E-state index in [9.17, 15) is 27.6 Å². The van der Waals surface area contributed by atoms with E-state index in [-0.39, 0.29) is 29.1 Å². The van der Waals surface area contributed by atoms with Crippen LogP contribution in [0.2, 0.25) is 0 Å². The Morgan fingerprint density at radius 2 is 2.07 bits per heavy atom. The summed E-state index contributed by atoms with van der Waals surface area (Å²) < 4.78 is 37.4. The number of carbonyl (C=O) groups excluding carboxylic acids is 3. The maximum Gasteiger partial charge on any atom is 0.401 e. The van der Waals surface area contributed by atoms with Crippen molar-refractivity contribution in [2.24, 2.45) is 5.92 Å². The van der Waals surface area contributed by atoms with E-state index in [0.29, 0.717) is 31.6 Å². The van der Waals surface area contributed by atoms with Gasteiger partial charge in [0.1, 0.15) is 6.04 Å². The maximum absolute atomic E-state index is 12.7. The molecule has 0 aliphatic carbocycles. The number of nitrogens with zero attached hydrogens (tertiary/aromatic N) is 1. The molecule has 3 rings (SSSR count). The number of halogens is 3. The number of fused-ring (bicyclic) bond motifs is 1. The zero-order chi connectivity index (χ0) is 20.5. The van der Waals surface area contributed by atoms with E-state index in [0.717, 1.165) is 6.42 Å². The average molecular weight is 422 g/mol. The predicted octanol–water partition coefficient (Wildman–Crippen LogP) is 0.602. The van der Waals surface area contributed by atoms with Gasteiger partial charge in [-0.3, -0.25) is 19.7 Å². The number of carbonyl (C=O) groups is 3. The first-order valence-electron chi connectivity index (χ1n) is 9.47. The topological polar surface area (TPSA) is 90.5 Å². The smallest absolute Gasteiger partial charge is 0.356 e. The van der Waals surface area contributed by atoms with Gasteiger partial charge in [0.25, 0.3) is 0 Å². The second-order valence-electron chi connectivity index (χ2n) is 7.60. The Hall–Kier alpha value is -1.49. The number of piperidine rings is 1. The summed E-state index contributed by atoms with van der Waals surface area (Å²) in [5.74, 6) is -0.486. The number of thioether (sulfide) groups is 1. The quantitative estimate of drug-likeness (QED) is 0.583. The summed E-state index contributed by atoms with van der Waals surface area (Å²) >= 11 is 1.48. The Morgan fingerprint density at radius 3 is 2.71 bits per heavy atom. The Labute approximate surface area is 165 Å². The number of alkyl halides is 3. The van der Waals surface area contributed by atoms with Crippen LogP contribution in [0, 0.1) is 5.92 Å². The number of rotatable bonds is 6. The van der Waals surface area contributed by atoms with Gasteiger partial charge in [-0.1, -0.05) is 0 Å². The van der Waals surface area contributed by atoms with Gasteiger partial charge in [-0.15, -0.1) is 11.8 Å². The van der Waals surface area contributed by atoms with Crippen LogP contribution in [0.3, 0.4) is 0 Å². The first kappa shape index (κ1) is 21.2. The van der Waals surface area contributed by atoms with Crippen molar-refractivity contribution in [3.63, 3.8) is 0 Å². The molecular formula is C17H25F3N4O3S. The van der Waals surface area contributed by atoms with Crippen molar-refractivity contribution in [3.05, 3.63) is 0 Å². The molecule has 3 N–H and O–H groups in total. The van der Waals surface area contributed by atoms with Crippen molar-refractivity contribution in [1.29, 1.82) is 0 Å². The van der Waals surface area contributed by atoms with Crippen LogP contribution in [0.5, 0.6) is 0 Å². The molecule has 3 saturated heterocycles. The highest BCUT2D eigenvalue weighted by Gasteiger charge is 2.47. The SMILES string of the molecule is C[C@H](C[C@@H]1CCNC1=O)NC(=O)[C@@H]1CS[C@H]2CC[C@H](NCC(F)(F)F)C(=O)N21. The Kier molecular flexibility index (Phi) is 6.43. The highest BCUT2D eigenvalue weighted by molar-refractivity contribution is 8.00. The van der Waals surface area contributed by atoms with Gasteiger partial charge < -0.3 is 15.5 Å². The molecule has 28 heavy (non-hydrogen) atoms. The molecule has 7 nitrogen and oxygen atoms in total. The first-order chi connectivity index (χ1) is 13.2. The van der Waals surface area contributed by atoms with E-state index in [4.69, 9.17) is 0 Å². The second kappa shape index (κ2) is 8.48. The zero-order valence-electron chi connectivity index (χ0n) is 15.6. The van der Waals surface area contributed by atoms with E-state index in [1.54, 1.807) is 0 Å². The molecular weight excluding hydrogens is 397 g/mol. The van der Waals surface area contributed by atoms with Crippen molar-refractivity contribution < 1.29 is 27.6 Å². The summed E-state index contributed by atoms with van der Waals surface area (Å²) in [6.45, 7) is 1.22. The molecule has 0 bridgehead atoms. The second-order valence-corrected chi connectivity index (χ2v) is 8.81. The Balaban J connectivity index is 1.57. The summed E-state index contributed by atoms with van der Waals surface area (Å²) in [6, 6.07) is -1.85. The lowest BCUT2D eigenvalue weighted by molar-refractivity contribution is -0.147. The highest BCUT2D eigenvalue weighted by atomic mass is 32.2. The van der Waals surface area contributed by atoms with Gasteiger partial charge in [0.15, 0.2) is 0 Å². The predicted molar refractivity (Wildman–Crippen MR) is 97.3 cm³/mol. The molecule has 3 heterocycles. The van der Waals surface area contributed by atoms with Crippen LogP contribution >= 0.6 is 11.8 Å². The number of nitrogens with one attached hydrogen (secondary N) is 3. The highest BCUT2D eigenvalue weighted by Crippen LogP contribution is 2.36. The van der Waals surface area contributed by atoms with E-state index in [1.807, 2.05) is 6.92 Å². The molecule has 0 radical (unpaired) electrons. The van der Waals surface area contributed by atoms with Crippen molar-refractivity contribution in [1.82, 2.24) is 20.9 Å². The van der Waals surface area contributed by atoms with Crippen molar-refractivity contribution >= 4 is 29.5 Å². The van der Waals surface area contributed by atoms with Gasteiger partial charge in [-0.25, -0.2) is 0 Å². The monoisotopic (exact) mass is 422 g/mol. The number of hydrogen-bond donors (Lipinski definition) is 3. The normalized spacial score (nSPS) is 31.5. The van der Waals surface area contributed by atoms with Crippen molar-refractivity contribution in [2.45, 2.75) is 62.3 Å². The lowest BCUT2D eigenvalue weighted by Crippen LogP contribution is -2.59. The third-order valence-electron chi connectivity index (χ3n) is 5.39. The summed E-state index contributed by atoms with van der Waals surface area (Å²) in [7, 11) is 0. The molecule has 11 heteroatoms. The largest absolute Gasteiger partial charge is 0.401 e. The molecule has 0 saturated carbocycles. The average Bonchev–Trinajstić information content (AvgIpc) is 3.20. The van der Waals surface area contributed by atoms with Gasteiger partial charge in [-0.2, -0.15) is 13.2 Å². The van der Waals surface area contributed by atoms with Crippen LogP contribution in [0.1, 0.15) is 32.6 Å². The lowest BCUT2D eigenvalue weighted by atomic mass is 9.99. The van der Waals surface area contributed by atoms with Crippen LogP contribution < -0.4 is 16.0 Å². The Morgan fingerprint density at radius 1 is 1.32 bits per heavy atom. The van der Waals surface area contributed by atoms with E-state index in [1.165, 1.54) is 16.7 Å². The van der Waals surface area contributed by atoms with Gasteiger partial charge in [0, 0.05) is 24.3 Å². The van der Waals surface area contributed by atoms with Crippen LogP contribution in [-0.4, -0.2) is 71.1 Å². The van der Waals surface area contributed by atoms with Crippen molar-refractivity contribution in [3.8, 4) is 0 Å². The number of amides is 3. The summed E-state index contributed by atoms with van der Waals surface area (Å²) in [4.78, 5) is 38.5. The fraction of sp³-hybridized carbons (Fsp3) is 0.824. The fourth-order valence-corrected chi connectivity index (χ4v) is 5.45. The van der Waals surface area contributed by atoms with Crippen LogP contribution in [-0.2, 0) is 14.4 Å². The molecule has 0 aromatic carbocycles. The van der Waals surface area contributed by atoms with Crippen LogP contribution in [0.15, 0.2) is 0 Å². The fourth-order valence-electron chi connectivity index (χ4n) is 4.02. The Bertz CT molecular complexity index is 633. The minimum absolute atomic E-state index is 0.0117. The third-order valence-corrected chi connectivity index (χ3v) is 6.74. The lowest BCUT2D eigenvalue weighted by Gasteiger charge is -2.37. The van der Waals surface area contributed by atoms with Gasteiger partial charge in [0.05, 0.1) is 18.0 Å². The third kappa shape index (κ3) is 4.91. The van der Waals surface area contributed by atoms with E-state index >= 15 is 0 Å². The molecule has 5 atom stereocenters. The molecule has 3 aliphatic heterocycles. The molecule has 158 valence electrons. The van der Waals surface area contributed by atoms with Gasteiger partial charge in [-0.05, 0) is 32.6 Å². The molecule has 0 aromatic heterocycles. The first-order valence-corrected chi connectivity index (χ1v) is 10.5. The van der Waals surface area contributed by atoms with Crippen LogP contribution in [0.4, 0.5) is 13.2 Å². The summed E-state index contributed by atoms with van der Waals surface area (Å²) in [5.41, 5.74) is 0. The molecule has 0 spiro atoms. The minimum atomic E-state index is -4.39. The number of hydrogen-bond acceptors (Lipinski definition) is 5. The molecule has 0 unspecified atom stereocenters. The maximum atomic E-state index is 12.7. The van der Waals surface area contributed by atoms with Crippen molar-refractivity contribution in [2.75, 3.05) is 18.8 Å². The summed E-state index contributed by atoms with van der Waals surface area (Å²) in [6.07, 6.45) is -2.27. The van der Waals surface area contributed by atoms with Gasteiger partial charge in [0.2, 0.25) is 17.7 Å². The van der Waals surface area contributed by atoms with Crippen LogP contribution in [0.25, 0.3) is 0 Å². The summed E-state index contributed by atoms with van der Waals surface area (Å²) in [5, 5.41) is 7.72. The molecule has 0 aromatic rings. The molecule has 3 amide bonds. The molecule has 3 aliphatic rings. The van der Waals surface area contributed by atoms with Gasteiger partial charge >= 0.3 is 6.18 Å². The van der Waals surface area contributed by atoms with E-state index in [2.05, 4.69) is 16.0 Å². The zero-order valence-corrected chi connectivity index (χ0v) is 16.4. The standard InChI is InChI=1S/C17H25F3N4O3S/c1-9(6-10-4-5-21-14(10)25)23-15(26)12-7-28-13-3-2-11(16(27)24(12)13)22-8-17(18,19)20/h9-13,22H,2-8H2,1H3,(H,21,25)(H,23,26)/t9-,10+,11+,12+,13+/m1/s1. The van der Waals surface area contributed by atoms with E-state index < -0.39 is 30.7 Å².